The van der Waals surface area contributed by atoms with Crippen molar-refractivity contribution in [2.75, 3.05) is 10.2 Å². The number of carbonyl (C=O) groups excluding carboxylic acids is 1. The molecule has 2 aromatic rings. The van der Waals surface area contributed by atoms with Crippen molar-refractivity contribution < 1.29 is 4.79 Å². The van der Waals surface area contributed by atoms with Gasteiger partial charge in [0.1, 0.15) is 5.82 Å². The summed E-state index contributed by atoms with van der Waals surface area (Å²) in [5.41, 5.74) is 3.18. The number of hydrogen-bond donors (Lipinski definition) is 1. The number of unbranched alkanes of at least 4 members (excludes halogenated alkanes) is 3. The molecule has 0 unspecified atom stereocenters. The lowest BCUT2D eigenvalue weighted by Gasteiger charge is -2.47. The fraction of sp³-hybridized carbons (Fsp3) is 0.586. The van der Waals surface area contributed by atoms with E-state index in [0.29, 0.717) is 17.9 Å². The summed E-state index contributed by atoms with van der Waals surface area (Å²) in [6.07, 6.45) is 15.0. The number of benzene rings is 1. The maximum atomic E-state index is 14.3. The van der Waals surface area contributed by atoms with E-state index in [2.05, 4.69) is 49.3 Å². The summed E-state index contributed by atoms with van der Waals surface area (Å²) in [5.74, 6) is 1.15. The van der Waals surface area contributed by atoms with Crippen LogP contribution in [0.3, 0.4) is 0 Å². The third-order valence-corrected chi connectivity index (χ3v) is 8.62. The fourth-order valence-electron chi connectivity index (χ4n) is 6.03. The number of nitrogens with one attached hydrogen (secondary N) is 1. The average Bonchev–Trinajstić information content (AvgIpc) is 3.03. The number of para-hydroxylation sites is 2. The Labute approximate surface area is 200 Å². The Morgan fingerprint density at radius 2 is 1.76 bits per heavy atom. The van der Waals surface area contributed by atoms with Crippen molar-refractivity contribution in [1.82, 2.24) is 4.98 Å². The molecule has 178 valence electrons. The fourth-order valence-corrected chi connectivity index (χ4v) is 6.03. The van der Waals surface area contributed by atoms with E-state index in [1.165, 1.54) is 51.4 Å². The predicted octanol–water partition coefficient (Wildman–Crippen LogP) is 8.01. The third-order valence-electron chi connectivity index (χ3n) is 8.62. The monoisotopic (exact) mass is 447 g/mol. The summed E-state index contributed by atoms with van der Waals surface area (Å²) in [4.78, 5) is 20.9. The van der Waals surface area contributed by atoms with Gasteiger partial charge in [0.05, 0.1) is 17.9 Å². The van der Waals surface area contributed by atoms with Crippen LogP contribution >= 0.6 is 0 Å². The van der Waals surface area contributed by atoms with E-state index >= 15 is 0 Å². The molecule has 1 aromatic heterocycles. The van der Waals surface area contributed by atoms with E-state index in [-0.39, 0.29) is 5.41 Å². The lowest BCUT2D eigenvalue weighted by Crippen LogP contribution is -2.47. The van der Waals surface area contributed by atoms with Crippen LogP contribution in [0.2, 0.25) is 0 Å². The second kappa shape index (κ2) is 10.3. The number of aromatic nitrogens is 1. The highest BCUT2D eigenvalue weighted by Gasteiger charge is 2.47. The molecule has 1 fully saturated rings. The molecule has 0 spiro atoms. The topological polar surface area (TPSA) is 45.2 Å². The lowest BCUT2D eigenvalue weighted by atomic mass is 9.59. The summed E-state index contributed by atoms with van der Waals surface area (Å²) in [6, 6.07) is 12.2. The first-order valence-electron chi connectivity index (χ1n) is 13.2. The molecule has 1 aliphatic heterocycles. The number of rotatable bonds is 8. The van der Waals surface area contributed by atoms with Crippen LogP contribution < -0.4 is 10.2 Å². The van der Waals surface area contributed by atoms with Crippen LogP contribution in [0.5, 0.6) is 0 Å². The molecule has 2 heterocycles. The summed E-state index contributed by atoms with van der Waals surface area (Å²) in [7, 11) is 0. The zero-order valence-electron chi connectivity index (χ0n) is 20.8. The van der Waals surface area contributed by atoms with E-state index in [1.807, 2.05) is 29.3 Å². The Bertz CT molecular complexity index is 945. The van der Waals surface area contributed by atoms with Gasteiger partial charge < -0.3 is 10.2 Å². The first kappa shape index (κ1) is 23.8. The van der Waals surface area contributed by atoms with E-state index in [0.717, 1.165) is 42.0 Å². The van der Waals surface area contributed by atoms with Crippen molar-refractivity contribution in [2.24, 2.45) is 10.8 Å². The van der Waals surface area contributed by atoms with Crippen molar-refractivity contribution in [3.8, 4) is 0 Å². The largest absolute Gasteiger partial charge is 0.338 e. The zero-order valence-corrected chi connectivity index (χ0v) is 20.8. The molecule has 0 bridgehead atoms. The Morgan fingerprint density at radius 3 is 2.48 bits per heavy atom. The number of pyridine rings is 1. The summed E-state index contributed by atoms with van der Waals surface area (Å²) >= 11 is 0. The van der Waals surface area contributed by atoms with Gasteiger partial charge in [0.25, 0.3) is 0 Å². The minimum absolute atomic E-state index is 0.262. The van der Waals surface area contributed by atoms with Gasteiger partial charge in [0.15, 0.2) is 0 Å². The highest BCUT2D eigenvalue weighted by atomic mass is 16.2. The van der Waals surface area contributed by atoms with Gasteiger partial charge in [-0.1, -0.05) is 71.1 Å². The molecule has 33 heavy (non-hydrogen) atoms. The number of anilines is 3. The van der Waals surface area contributed by atoms with Crippen molar-refractivity contribution in [3.63, 3.8) is 0 Å². The number of fused-ring (bicyclic) bond motifs is 2. The number of carbonyl (C=O) groups is 1. The Hall–Kier alpha value is -2.36. The third kappa shape index (κ3) is 4.81. The van der Waals surface area contributed by atoms with E-state index in [4.69, 9.17) is 0 Å². The van der Waals surface area contributed by atoms with E-state index < -0.39 is 0 Å². The second-order valence-corrected chi connectivity index (χ2v) is 10.3. The van der Waals surface area contributed by atoms with E-state index in [9.17, 15) is 4.79 Å². The Morgan fingerprint density at radius 1 is 0.970 bits per heavy atom. The number of nitrogens with zero attached hydrogens (tertiary/aromatic N) is 2. The van der Waals surface area contributed by atoms with Crippen LogP contribution in [0, 0.1) is 10.8 Å². The Balaban J connectivity index is 1.57. The zero-order chi connectivity index (χ0) is 23.3. The Kier molecular flexibility index (Phi) is 7.41. The molecule has 4 heteroatoms. The van der Waals surface area contributed by atoms with Crippen molar-refractivity contribution in [1.29, 1.82) is 0 Å². The molecule has 1 amide bonds. The highest BCUT2D eigenvalue weighted by molar-refractivity contribution is 6.01. The summed E-state index contributed by atoms with van der Waals surface area (Å²) in [6.45, 7) is 7.43. The van der Waals surface area contributed by atoms with Crippen LogP contribution in [0.4, 0.5) is 17.2 Å². The maximum absolute atomic E-state index is 14.3. The van der Waals surface area contributed by atoms with Crippen molar-refractivity contribution >= 4 is 23.1 Å². The molecule has 1 N–H and O–H groups in total. The number of hydrogen-bond acceptors (Lipinski definition) is 3. The van der Waals surface area contributed by atoms with Crippen LogP contribution in [0.15, 0.2) is 42.6 Å². The summed E-state index contributed by atoms with van der Waals surface area (Å²) in [5, 5.41) is 3.47. The standard InChI is InChI=1S/C29H41N3O/c1-4-7-8-11-16-28(5-2)17-19-29(6-3,20-18-28)27(33)32-22-23-13-12-21-30-26(23)31-24-14-9-10-15-25(24)32/h9-10,12-15,21H,4-8,11,16-20,22H2,1-3H3,(H,30,31). The number of amides is 1. The van der Waals surface area contributed by atoms with Crippen molar-refractivity contribution in [3.05, 3.63) is 48.2 Å². The second-order valence-electron chi connectivity index (χ2n) is 10.3. The van der Waals surface area contributed by atoms with Crippen LogP contribution in [-0.2, 0) is 11.3 Å². The van der Waals surface area contributed by atoms with Gasteiger partial charge in [-0.05, 0) is 62.1 Å². The molecule has 0 radical (unpaired) electrons. The van der Waals surface area contributed by atoms with Crippen LogP contribution in [-0.4, -0.2) is 10.9 Å². The normalized spacial score (nSPS) is 24.4. The van der Waals surface area contributed by atoms with Gasteiger partial charge in [-0.2, -0.15) is 0 Å². The van der Waals surface area contributed by atoms with E-state index in [1.54, 1.807) is 0 Å². The predicted molar refractivity (Wildman–Crippen MR) is 138 cm³/mol. The van der Waals surface area contributed by atoms with Gasteiger partial charge in [0, 0.05) is 17.2 Å². The van der Waals surface area contributed by atoms with Gasteiger partial charge in [0.2, 0.25) is 5.91 Å². The minimum Gasteiger partial charge on any atom is -0.338 e. The SMILES string of the molecule is CCCCCCC1(CC)CCC(CC)(C(=O)N2Cc3cccnc3Nc3ccccc32)CC1. The van der Waals surface area contributed by atoms with Crippen LogP contribution in [0.25, 0.3) is 0 Å². The van der Waals surface area contributed by atoms with Crippen LogP contribution in [0.1, 0.15) is 97.0 Å². The van der Waals surface area contributed by atoms with Gasteiger partial charge in [-0.3, -0.25) is 4.79 Å². The van der Waals surface area contributed by atoms with Gasteiger partial charge in [-0.25, -0.2) is 4.98 Å². The molecule has 1 aliphatic carbocycles. The minimum atomic E-state index is -0.262. The molecule has 4 nitrogen and oxygen atoms in total. The summed E-state index contributed by atoms with van der Waals surface area (Å²) < 4.78 is 0. The molecule has 1 aromatic carbocycles. The molecular formula is C29H41N3O. The molecule has 2 aliphatic rings. The first-order valence-corrected chi connectivity index (χ1v) is 13.2. The quantitative estimate of drug-likeness (QED) is 0.417. The molecule has 4 rings (SSSR count). The smallest absolute Gasteiger partial charge is 0.233 e. The molecule has 1 saturated carbocycles. The highest BCUT2D eigenvalue weighted by Crippen LogP contribution is 2.53. The van der Waals surface area contributed by atoms with Gasteiger partial charge >= 0.3 is 0 Å². The van der Waals surface area contributed by atoms with Crippen molar-refractivity contribution in [2.45, 2.75) is 97.9 Å². The first-order chi connectivity index (χ1) is 16.1. The lowest BCUT2D eigenvalue weighted by molar-refractivity contribution is -0.132. The maximum Gasteiger partial charge on any atom is 0.233 e. The molecular weight excluding hydrogens is 406 g/mol. The molecule has 0 saturated heterocycles. The van der Waals surface area contributed by atoms with Gasteiger partial charge in [-0.15, -0.1) is 0 Å². The average molecular weight is 448 g/mol. The molecule has 0 atom stereocenters.